The van der Waals surface area contributed by atoms with Gasteiger partial charge in [0.2, 0.25) is 0 Å². The number of nitrogens with two attached hydrogens (primary N) is 1. The molecule has 0 unspecified atom stereocenters. The van der Waals surface area contributed by atoms with Crippen LogP contribution in [-0.2, 0) is 25.9 Å². The first-order valence-electron chi connectivity index (χ1n) is 12.3. The smallest absolute Gasteiger partial charge is 0.197 e. The third-order valence-electron chi connectivity index (χ3n) is 7.97. The fraction of sp³-hybridized carbons (Fsp3) is 0.696. The monoisotopic (exact) mass is 435 g/mol. The van der Waals surface area contributed by atoms with E-state index in [-0.39, 0.29) is 0 Å². The van der Waals surface area contributed by atoms with Crippen LogP contribution in [0.4, 0.5) is 5.95 Å². The Bertz CT molecular complexity index is 970. The lowest BCUT2D eigenvalue weighted by Crippen LogP contribution is -2.32. The molecule has 6 rings (SSSR count). The maximum Gasteiger partial charge on any atom is 0.197 e. The summed E-state index contributed by atoms with van der Waals surface area (Å²) in [4.78, 5) is 7.83. The minimum Gasteiger partial charge on any atom is -0.369 e. The molecular formula is C23H33N9. The van der Waals surface area contributed by atoms with Crippen molar-refractivity contribution in [3.8, 4) is 0 Å². The third kappa shape index (κ3) is 3.93. The molecule has 9 heteroatoms. The molecule has 2 saturated carbocycles. The lowest BCUT2D eigenvalue weighted by molar-refractivity contribution is 0.224. The van der Waals surface area contributed by atoms with Crippen molar-refractivity contribution in [1.29, 1.82) is 0 Å². The van der Waals surface area contributed by atoms with Crippen molar-refractivity contribution in [3.05, 3.63) is 35.2 Å². The lowest BCUT2D eigenvalue weighted by Gasteiger charge is -2.30. The van der Waals surface area contributed by atoms with Gasteiger partial charge in [0.05, 0.1) is 17.1 Å². The summed E-state index contributed by atoms with van der Waals surface area (Å²) >= 11 is 0. The van der Waals surface area contributed by atoms with Gasteiger partial charge in [0.1, 0.15) is 0 Å². The topological polar surface area (TPSA) is 116 Å². The van der Waals surface area contributed by atoms with Crippen molar-refractivity contribution in [2.24, 2.45) is 11.8 Å². The summed E-state index contributed by atoms with van der Waals surface area (Å²) in [7, 11) is 0. The Labute approximate surface area is 188 Å². The number of imidazole rings is 1. The van der Waals surface area contributed by atoms with Crippen LogP contribution in [0.1, 0.15) is 86.0 Å². The van der Waals surface area contributed by atoms with Crippen molar-refractivity contribution >= 4 is 5.95 Å². The van der Waals surface area contributed by atoms with Crippen LogP contribution in [0.5, 0.6) is 0 Å². The molecule has 2 fully saturated rings. The summed E-state index contributed by atoms with van der Waals surface area (Å²) in [5, 5.41) is 18.0. The van der Waals surface area contributed by atoms with E-state index in [1.807, 2.05) is 0 Å². The van der Waals surface area contributed by atoms with Crippen LogP contribution in [0.3, 0.4) is 0 Å². The first-order chi connectivity index (χ1) is 15.7. The van der Waals surface area contributed by atoms with E-state index in [9.17, 15) is 0 Å². The molecule has 0 amide bonds. The van der Waals surface area contributed by atoms with Crippen molar-refractivity contribution in [2.75, 3.05) is 5.73 Å². The molecule has 0 bridgehead atoms. The van der Waals surface area contributed by atoms with Gasteiger partial charge in [0, 0.05) is 43.0 Å². The Kier molecular flexibility index (Phi) is 5.19. The summed E-state index contributed by atoms with van der Waals surface area (Å²) in [5.74, 6) is 2.52. The highest BCUT2D eigenvalue weighted by Crippen LogP contribution is 2.35. The maximum atomic E-state index is 5.98. The lowest BCUT2D eigenvalue weighted by atomic mass is 9.79. The summed E-state index contributed by atoms with van der Waals surface area (Å²) in [5.41, 5.74) is 10.6. The maximum absolute atomic E-state index is 5.98. The Morgan fingerprint density at radius 3 is 1.91 bits per heavy atom. The first kappa shape index (κ1) is 19.9. The highest BCUT2D eigenvalue weighted by Gasteiger charge is 2.33. The SMILES string of the molecule is Nc1nc2c([nH]1)C[C@@H](Cn1cc(C3CCCC3)nn1)[C@H](Cn1cc(C3CCCC3)nn1)C2. The summed E-state index contributed by atoms with van der Waals surface area (Å²) in [6.07, 6.45) is 16.4. The number of hydrogen-bond acceptors (Lipinski definition) is 6. The molecule has 0 saturated heterocycles. The molecular weight excluding hydrogens is 402 g/mol. The second kappa shape index (κ2) is 8.33. The molecule has 0 aromatic carbocycles. The molecule has 3 aliphatic rings. The van der Waals surface area contributed by atoms with Crippen LogP contribution in [0.15, 0.2) is 12.4 Å². The summed E-state index contributed by atoms with van der Waals surface area (Å²) < 4.78 is 4.11. The number of hydrogen-bond donors (Lipinski definition) is 2. The quantitative estimate of drug-likeness (QED) is 0.614. The van der Waals surface area contributed by atoms with E-state index >= 15 is 0 Å². The highest BCUT2D eigenvalue weighted by atomic mass is 15.4. The Balaban J connectivity index is 1.20. The number of nitrogen functional groups attached to an aromatic ring is 1. The fourth-order valence-corrected chi connectivity index (χ4v) is 6.18. The minimum atomic E-state index is 0.405. The van der Waals surface area contributed by atoms with Crippen LogP contribution < -0.4 is 5.73 Å². The third-order valence-corrected chi connectivity index (χ3v) is 7.97. The molecule has 0 spiro atoms. The predicted molar refractivity (Wildman–Crippen MR) is 120 cm³/mol. The Morgan fingerprint density at radius 1 is 0.812 bits per heavy atom. The number of aromatic nitrogens is 8. The number of nitrogens with one attached hydrogen (secondary N) is 1. The summed E-state index contributed by atoms with van der Waals surface area (Å²) in [6, 6.07) is 0. The zero-order valence-corrected chi connectivity index (χ0v) is 18.7. The van der Waals surface area contributed by atoms with E-state index in [0.29, 0.717) is 29.6 Å². The van der Waals surface area contributed by atoms with E-state index in [2.05, 4.69) is 52.3 Å². The van der Waals surface area contributed by atoms with E-state index in [1.54, 1.807) is 0 Å². The van der Waals surface area contributed by atoms with Crippen molar-refractivity contribution in [2.45, 2.75) is 89.1 Å². The zero-order valence-electron chi connectivity index (χ0n) is 18.7. The Hall–Kier alpha value is -2.71. The van der Waals surface area contributed by atoms with Gasteiger partial charge in [0.25, 0.3) is 0 Å². The van der Waals surface area contributed by atoms with Gasteiger partial charge in [-0.1, -0.05) is 36.1 Å². The van der Waals surface area contributed by atoms with E-state index in [4.69, 9.17) is 5.73 Å². The van der Waals surface area contributed by atoms with Gasteiger partial charge in [0.15, 0.2) is 5.95 Å². The van der Waals surface area contributed by atoms with Crippen LogP contribution in [0, 0.1) is 11.8 Å². The molecule has 3 N–H and O–H groups in total. The molecule has 3 aliphatic carbocycles. The van der Waals surface area contributed by atoms with Crippen LogP contribution in [0.2, 0.25) is 0 Å². The molecule has 2 atom stereocenters. The molecule has 9 nitrogen and oxygen atoms in total. The average molecular weight is 436 g/mol. The van der Waals surface area contributed by atoms with Crippen molar-refractivity contribution < 1.29 is 0 Å². The molecule has 0 aliphatic heterocycles. The minimum absolute atomic E-state index is 0.405. The molecule has 3 aromatic heterocycles. The number of rotatable bonds is 6. The van der Waals surface area contributed by atoms with Crippen LogP contribution in [-0.4, -0.2) is 40.0 Å². The number of anilines is 1. The van der Waals surface area contributed by atoms with Crippen LogP contribution in [0.25, 0.3) is 0 Å². The van der Waals surface area contributed by atoms with E-state index in [1.165, 1.54) is 62.8 Å². The fourth-order valence-electron chi connectivity index (χ4n) is 6.18. The molecule has 32 heavy (non-hydrogen) atoms. The van der Waals surface area contributed by atoms with Crippen molar-refractivity contribution in [1.82, 2.24) is 40.0 Å². The molecule has 170 valence electrons. The van der Waals surface area contributed by atoms with Gasteiger partial charge >= 0.3 is 0 Å². The number of H-pyrrole nitrogens is 1. The Morgan fingerprint density at radius 2 is 1.34 bits per heavy atom. The largest absolute Gasteiger partial charge is 0.369 e. The van der Waals surface area contributed by atoms with Crippen LogP contribution >= 0.6 is 0 Å². The van der Waals surface area contributed by atoms with Gasteiger partial charge in [-0.25, -0.2) is 4.98 Å². The first-order valence-corrected chi connectivity index (χ1v) is 12.3. The average Bonchev–Trinajstić information content (AvgIpc) is 3.57. The molecule has 3 aromatic rings. The number of nitrogens with zero attached hydrogens (tertiary/aromatic N) is 7. The number of aromatic amines is 1. The van der Waals surface area contributed by atoms with Gasteiger partial charge < -0.3 is 10.7 Å². The zero-order chi connectivity index (χ0) is 21.5. The molecule has 3 heterocycles. The van der Waals surface area contributed by atoms with Gasteiger partial charge in [-0.15, -0.1) is 10.2 Å². The highest BCUT2D eigenvalue weighted by molar-refractivity contribution is 5.29. The molecule has 0 radical (unpaired) electrons. The predicted octanol–water partition coefficient (Wildman–Crippen LogP) is 3.22. The summed E-state index contributed by atoms with van der Waals surface area (Å²) in [6.45, 7) is 1.70. The van der Waals surface area contributed by atoms with E-state index in [0.717, 1.165) is 37.3 Å². The standard InChI is InChI=1S/C23H33N9/c24-23-25-19-9-17(11-31-13-21(27-29-31)15-5-1-2-6-15)18(10-20(19)26-23)12-32-14-22(28-30-32)16-7-3-4-8-16/h13-18H,1-12H2,(H3,24,25,26)/t17-,18-/m0/s1. The van der Waals surface area contributed by atoms with Crippen molar-refractivity contribution in [3.63, 3.8) is 0 Å². The van der Waals surface area contributed by atoms with Gasteiger partial charge in [-0.3, -0.25) is 9.36 Å². The normalized spacial score (nSPS) is 24.4. The second-order valence-corrected chi connectivity index (χ2v) is 10.2. The van der Waals surface area contributed by atoms with Gasteiger partial charge in [-0.2, -0.15) is 0 Å². The second-order valence-electron chi connectivity index (χ2n) is 10.2. The van der Waals surface area contributed by atoms with E-state index < -0.39 is 0 Å². The van der Waals surface area contributed by atoms with Gasteiger partial charge in [-0.05, 0) is 50.4 Å². The number of fused-ring (bicyclic) bond motifs is 1.